The second kappa shape index (κ2) is 6.90. The number of nitrogens with one attached hydrogen (secondary N) is 2. The van der Waals surface area contributed by atoms with Crippen molar-refractivity contribution in [3.05, 3.63) is 17.0 Å². The van der Waals surface area contributed by atoms with E-state index in [1.54, 1.807) is 0 Å². The third kappa shape index (κ3) is 4.78. The fourth-order valence-corrected chi connectivity index (χ4v) is 2.31. The lowest BCUT2D eigenvalue weighted by Gasteiger charge is -2.24. The third-order valence-corrected chi connectivity index (χ3v) is 3.19. The number of rotatable bonds is 7. The molecule has 0 spiro atoms. The predicted molar refractivity (Wildman–Crippen MR) is 76.7 cm³/mol. The molecule has 1 heterocycles. The molecule has 4 heteroatoms. The summed E-state index contributed by atoms with van der Waals surface area (Å²) in [7, 11) is 4.26. The summed E-state index contributed by atoms with van der Waals surface area (Å²) < 4.78 is 0. The predicted octanol–water partition coefficient (Wildman–Crippen LogP) is 2.09. The van der Waals surface area contributed by atoms with Crippen LogP contribution in [0.3, 0.4) is 0 Å². The molecule has 0 aliphatic rings. The Balaban J connectivity index is 2.56. The monoisotopic (exact) mass is 252 g/mol. The van der Waals surface area contributed by atoms with Crippen LogP contribution in [-0.4, -0.2) is 41.8 Å². The zero-order valence-electron chi connectivity index (χ0n) is 12.7. The van der Waals surface area contributed by atoms with Gasteiger partial charge in [0.1, 0.15) is 0 Å². The average molecular weight is 252 g/mol. The molecule has 1 aromatic rings. The van der Waals surface area contributed by atoms with Gasteiger partial charge in [-0.15, -0.1) is 0 Å². The smallest absolute Gasteiger partial charge is 0.0638 e. The van der Waals surface area contributed by atoms with Crippen LogP contribution >= 0.6 is 0 Å². The van der Waals surface area contributed by atoms with Gasteiger partial charge in [0.05, 0.1) is 5.69 Å². The van der Waals surface area contributed by atoms with E-state index in [1.807, 2.05) is 0 Å². The summed E-state index contributed by atoms with van der Waals surface area (Å²) in [5.41, 5.74) is 3.59. The molecule has 0 fully saturated rings. The zero-order valence-corrected chi connectivity index (χ0v) is 12.7. The maximum Gasteiger partial charge on any atom is 0.0638 e. The van der Waals surface area contributed by atoms with E-state index < -0.39 is 0 Å². The Kier molecular flexibility index (Phi) is 5.82. The second-order valence-electron chi connectivity index (χ2n) is 5.88. The minimum atomic E-state index is 0.536. The molecule has 0 aromatic carbocycles. The highest BCUT2D eigenvalue weighted by molar-refractivity contribution is 5.22. The molecule has 2 N–H and O–H groups in total. The highest BCUT2D eigenvalue weighted by atomic mass is 15.1. The van der Waals surface area contributed by atoms with Gasteiger partial charge in [-0.25, -0.2) is 0 Å². The Hall–Kier alpha value is -0.870. The Morgan fingerprint density at radius 1 is 1.28 bits per heavy atom. The van der Waals surface area contributed by atoms with E-state index >= 15 is 0 Å². The molecule has 0 bridgehead atoms. The van der Waals surface area contributed by atoms with E-state index in [1.165, 1.54) is 17.7 Å². The first-order valence-corrected chi connectivity index (χ1v) is 6.78. The molecule has 0 radical (unpaired) electrons. The molecule has 0 saturated carbocycles. The second-order valence-corrected chi connectivity index (χ2v) is 5.88. The normalized spacial score (nSPS) is 13.6. The molecule has 1 atom stereocenters. The van der Waals surface area contributed by atoms with Crippen molar-refractivity contribution in [2.45, 2.75) is 46.7 Å². The summed E-state index contributed by atoms with van der Waals surface area (Å²) >= 11 is 0. The van der Waals surface area contributed by atoms with Crippen LogP contribution in [0, 0.1) is 19.8 Å². The van der Waals surface area contributed by atoms with Gasteiger partial charge in [0.25, 0.3) is 0 Å². The molecular formula is C14H28N4. The molecule has 1 unspecified atom stereocenters. The van der Waals surface area contributed by atoms with Crippen LogP contribution in [-0.2, 0) is 6.54 Å². The number of hydrogen-bond donors (Lipinski definition) is 2. The molecule has 0 saturated heterocycles. The van der Waals surface area contributed by atoms with Crippen LogP contribution in [0.15, 0.2) is 0 Å². The van der Waals surface area contributed by atoms with E-state index in [0.717, 1.165) is 18.8 Å². The molecule has 18 heavy (non-hydrogen) atoms. The van der Waals surface area contributed by atoms with Crippen LogP contribution in [0.4, 0.5) is 0 Å². The van der Waals surface area contributed by atoms with Crippen molar-refractivity contribution >= 4 is 0 Å². The van der Waals surface area contributed by atoms with E-state index in [4.69, 9.17) is 0 Å². The summed E-state index contributed by atoms with van der Waals surface area (Å²) in [5.74, 6) is 0.717. The largest absolute Gasteiger partial charge is 0.309 e. The van der Waals surface area contributed by atoms with Crippen molar-refractivity contribution < 1.29 is 0 Å². The first-order chi connectivity index (χ1) is 8.40. The first kappa shape index (κ1) is 15.2. The van der Waals surface area contributed by atoms with Crippen molar-refractivity contribution in [3.8, 4) is 0 Å². The standard InChI is InChI=1S/C14H28N4/c1-10(2)7-13(9-18(5)6)15-8-14-11(3)16-17-12(14)4/h10,13,15H,7-9H2,1-6H3,(H,16,17). The van der Waals surface area contributed by atoms with Crippen LogP contribution < -0.4 is 5.32 Å². The maximum atomic E-state index is 4.24. The number of likely N-dealkylation sites (N-methyl/N-ethyl adjacent to an activating group) is 1. The Labute approximate surface area is 111 Å². The minimum Gasteiger partial charge on any atom is -0.309 e. The van der Waals surface area contributed by atoms with E-state index in [9.17, 15) is 0 Å². The topological polar surface area (TPSA) is 44.0 Å². The molecule has 104 valence electrons. The summed E-state index contributed by atoms with van der Waals surface area (Å²) in [4.78, 5) is 2.25. The number of aryl methyl sites for hydroxylation is 2. The van der Waals surface area contributed by atoms with Crippen LogP contribution in [0.2, 0.25) is 0 Å². The van der Waals surface area contributed by atoms with Gasteiger partial charge in [0, 0.05) is 30.4 Å². The molecule has 0 aliphatic carbocycles. The van der Waals surface area contributed by atoms with Gasteiger partial charge in [-0.05, 0) is 40.3 Å². The van der Waals surface area contributed by atoms with Gasteiger partial charge < -0.3 is 10.2 Å². The lowest BCUT2D eigenvalue weighted by atomic mass is 10.0. The van der Waals surface area contributed by atoms with Crippen LogP contribution in [0.25, 0.3) is 0 Å². The summed E-state index contributed by atoms with van der Waals surface area (Å²) in [6.07, 6.45) is 1.20. The lowest BCUT2D eigenvalue weighted by Crippen LogP contribution is -2.39. The minimum absolute atomic E-state index is 0.536. The van der Waals surface area contributed by atoms with Crippen LogP contribution in [0.5, 0.6) is 0 Å². The summed E-state index contributed by atoms with van der Waals surface area (Å²) in [6, 6.07) is 0.536. The fraction of sp³-hybridized carbons (Fsp3) is 0.786. The SMILES string of the molecule is Cc1n[nH]c(C)c1CNC(CC(C)C)CN(C)C. The van der Waals surface area contributed by atoms with Gasteiger partial charge in [0.2, 0.25) is 0 Å². The molecule has 0 amide bonds. The van der Waals surface area contributed by atoms with Crippen molar-refractivity contribution in [1.82, 2.24) is 20.4 Å². The van der Waals surface area contributed by atoms with Crippen molar-refractivity contribution in [1.29, 1.82) is 0 Å². The van der Waals surface area contributed by atoms with E-state index in [0.29, 0.717) is 12.0 Å². The number of H-pyrrole nitrogens is 1. The summed E-state index contributed by atoms with van der Waals surface area (Å²) in [6.45, 7) is 10.7. The van der Waals surface area contributed by atoms with Crippen LogP contribution in [0.1, 0.15) is 37.2 Å². The van der Waals surface area contributed by atoms with Gasteiger partial charge >= 0.3 is 0 Å². The number of hydrogen-bond acceptors (Lipinski definition) is 3. The highest BCUT2D eigenvalue weighted by Crippen LogP contribution is 2.11. The van der Waals surface area contributed by atoms with Crippen molar-refractivity contribution in [2.24, 2.45) is 5.92 Å². The Bertz CT molecular complexity index is 325. The van der Waals surface area contributed by atoms with Gasteiger partial charge in [-0.2, -0.15) is 5.10 Å². The summed E-state index contributed by atoms with van der Waals surface area (Å²) in [5, 5.41) is 10.9. The van der Waals surface area contributed by atoms with E-state index in [-0.39, 0.29) is 0 Å². The van der Waals surface area contributed by atoms with Gasteiger partial charge in [-0.1, -0.05) is 13.8 Å². The first-order valence-electron chi connectivity index (χ1n) is 6.78. The van der Waals surface area contributed by atoms with Gasteiger partial charge in [-0.3, -0.25) is 5.10 Å². The Morgan fingerprint density at radius 3 is 2.39 bits per heavy atom. The number of aromatic nitrogens is 2. The fourth-order valence-electron chi connectivity index (χ4n) is 2.31. The average Bonchev–Trinajstić information content (AvgIpc) is 2.54. The van der Waals surface area contributed by atoms with Crippen molar-refractivity contribution in [2.75, 3.05) is 20.6 Å². The number of nitrogens with zero attached hydrogens (tertiary/aromatic N) is 2. The molecule has 0 aliphatic heterocycles. The molecule has 1 rings (SSSR count). The molecule has 1 aromatic heterocycles. The zero-order chi connectivity index (χ0) is 13.7. The quantitative estimate of drug-likeness (QED) is 0.781. The third-order valence-electron chi connectivity index (χ3n) is 3.19. The highest BCUT2D eigenvalue weighted by Gasteiger charge is 2.13. The maximum absolute atomic E-state index is 4.24. The molecular weight excluding hydrogens is 224 g/mol. The number of aromatic amines is 1. The van der Waals surface area contributed by atoms with Gasteiger partial charge in [0.15, 0.2) is 0 Å². The molecule has 4 nitrogen and oxygen atoms in total. The lowest BCUT2D eigenvalue weighted by molar-refractivity contribution is 0.305. The van der Waals surface area contributed by atoms with Crippen molar-refractivity contribution in [3.63, 3.8) is 0 Å². The van der Waals surface area contributed by atoms with E-state index in [2.05, 4.69) is 62.2 Å². The Morgan fingerprint density at radius 2 is 1.94 bits per heavy atom.